The lowest BCUT2D eigenvalue weighted by molar-refractivity contribution is 0.425. The smallest absolute Gasteiger partial charge is 0.488 e. The largest absolute Gasteiger partial charge is 0.543 e. The Morgan fingerprint density at radius 1 is 0.850 bits per heavy atom. The normalized spacial score (nSPS) is 12.3. The molecule has 112 valence electrons. The van der Waals surface area contributed by atoms with Gasteiger partial charge < -0.3 is 14.5 Å². The number of benzene rings is 1. The van der Waals surface area contributed by atoms with Crippen LogP contribution in [0.25, 0.3) is 0 Å². The maximum atomic E-state index is 9.14. The molecule has 0 aliphatic carbocycles. The van der Waals surface area contributed by atoms with Crippen molar-refractivity contribution in [2.24, 2.45) is 0 Å². The number of hydrogen-bond acceptors (Lipinski definition) is 3. The van der Waals surface area contributed by atoms with Gasteiger partial charge in [0.2, 0.25) is 0 Å². The van der Waals surface area contributed by atoms with Gasteiger partial charge in [-0.3, -0.25) is 0 Å². The number of hydrogen-bond donors (Lipinski definition) is 2. The summed E-state index contributed by atoms with van der Waals surface area (Å²) in [5.41, 5.74) is 2.05. The highest BCUT2D eigenvalue weighted by molar-refractivity contribution is 6.78. The van der Waals surface area contributed by atoms with E-state index in [4.69, 9.17) is 14.5 Å². The van der Waals surface area contributed by atoms with Crippen LogP contribution in [0, 0.1) is 0 Å². The predicted octanol–water partition coefficient (Wildman–Crippen LogP) is 2.92. The molecule has 0 spiro atoms. The zero-order chi connectivity index (χ0) is 15.5. The van der Waals surface area contributed by atoms with Crippen molar-refractivity contribution in [1.82, 2.24) is 0 Å². The van der Waals surface area contributed by atoms with Crippen LogP contribution in [0.4, 0.5) is 0 Å². The minimum atomic E-state index is -1.94. The fourth-order valence-corrected chi connectivity index (χ4v) is 8.52. The number of rotatable bonds is 6. The SMILES string of the molecule is CC(C)[Si](O[13c]1[13cH][13cH][13c](B(O)O)[13cH][13cH]1)(C(C)C)C(C)C. The van der Waals surface area contributed by atoms with Gasteiger partial charge in [0.15, 0.2) is 0 Å². The van der Waals surface area contributed by atoms with E-state index in [1.807, 2.05) is 12.1 Å². The average molecular weight is 300 g/mol. The second kappa shape index (κ2) is 6.79. The monoisotopic (exact) mass is 300 g/mol. The minimum Gasteiger partial charge on any atom is -0.543 e. The Balaban J connectivity index is 3.07. The molecule has 0 saturated heterocycles. The quantitative estimate of drug-likeness (QED) is 0.794. The van der Waals surface area contributed by atoms with Crippen LogP contribution in [-0.4, -0.2) is 25.5 Å². The molecule has 0 bridgehead atoms. The Hall–Kier alpha value is -0.778. The van der Waals surface area contributed by atoms with Crippen molar-refractivity contribution >= 4 is 20.9 Å². The molecule has 3 nitrogen and oxygen atoms in total. The van der Waals surface area contributed by atoms with Crippen molar-refractivity contribution in [1.29, 1.82) is 0 Å². The Morgan fingerprint density at radius 3 is 1.55 bits per heavy atom. The molecule has 0 unspecified atom stereocenters. The van der Waals surface area contributed by atoms with E-state index in [1.165, 1.54) is 0 Å². The zero-order valence-corrected chi connectivity index (χ0v) is 14.4. The summed E-state index contributed by atoms with van der Waals surface area (Å²) >= 11 is 0. The van der Waals surface area contributed by atoms with Crippen molar-refractivity contribution in [2.45, 2.75) is 58.2 Å². The van der Waals surface area contributed by atoms with Gasteiger partial charge in [-0.2, -0.15) is 0 Å². The molecule has 0 heterocycles. The maximum Gasteiger partial charge on any atom is 0.488 e. The Morgan fingerprint density at radius 2 is 1.25 bits per heavy atom. The van der Waals surface area contributed by atoms with Crippen LogP contribution >= 0.6 is 0 Å². The van der Waals surface area contributed by atoms with Gasteiger partial charge in [-0.15, -0.1) is 0 Å². The molecule has 0 aliphatic rings. The first-order valence-corrected chi connectivity index (χ1v) is 9.51. The molecule has 0 radical (unpaired) electrons. The highest BCUT2D eigenvalue weighted by atomic mass is 28.4. The maximum absolute atomic E-state index is 9.14. The molecular weight excluding hydrogens is 273 g/mol. The van der Waals surface area contributed by atoms with Gasteiger partial charge in [0.05, 0.1) is 0 Å². The van der Waals surface area contributed by atoms with Crippen molar-refractivity contribution in [3.8, 4) is 5.75 Å². The fraction of sp³-hybridized carbons (Fsp3) is 0.600. The second-order valence-electron chi connectivity index (χ2n) is 6.36. The summed E-state index contributed by atoms with van der Waals surface area (Å²) < 4.78 is 6.50. The molecule has 1 aromatic carbocycles. The Kier molecular flexibility index (Phi) is 5.86. The lowest BCUT2D eigenvalue weighted by Crippen LogP contribution is -2.50. The Labute approximate surface area is 124 Å². The van der Waals surface area contributed by atoms with Gasteiger partial charge in [0.25, 0.3) is 8.32 Å². The molecule has 0 fully saturated rings. The first-order valence-electron chi connectivity index (χ1n) is 7.36. The van der Waals surface area contributed by atoms with E-state index in [2.05, 4.69) is 41.5 Å². The average Bonchev–Trinajstić information content (AvgIpc) is 2.35. The van der Waals surface area contributed by atoms with E-state index in [9.17, 15) is 0 Å². The molecule has 2 N–H and O–H groups in total. The summed E-state index contributed by atoms with van der Waals surface area (Å²) in [6.45, 7) is 13.5. The molecule has 0 atom stereocenters. The summed E-state index contributed by atoms with van der Waals surface area (Å²) in [7, 11) is -3.36. The van der Waals surface area contributed by atoms with Gasteiger partial charge in [-0.1, -0.05) is 53.7 Å². The van der Waals surface area contributed by atoms with E-state index in [0.717, 1.165) is 5.75 Å². The molecule has 1 aromatic rings. The minimum absolute atomic E-state index is 0.489. The summed E-state index contributed by atoms with van der Waals surface area (Å²) in [5.74, 6) is 0.831. The Bertz CT molecular complexity index is 394. The van der Waals surface area contributed by atoms with Gasteiger partial charge in [0, 0.05) is 0 Å². The van der Waals surface area contributed by atoms with Gasteiger partial charge >= 0.3 is 7.12 Å². The van der Waals surface area contributed by atoms with Crippen LogP contribution in [0.3, 0.4) is 0 Å². The molecule has 0 aliphatic heterocycles. The predicted molar refractivity (Wildman–Crippen MR) is 87.9 cm³/mol. The second-order valence-corrected chi connectivity index (χ2v) is 11.7. The van der Waals surface area contributed by atoms with Crippen LogP contribution in [0.5, 0.6) is 5.75 Å². The van der Waals surface area contributed by atoms with E-state index in [1.54, 1.807) is 12.1 Å². The van der Waals surface area contributed by atoms with Crippen LogP contribution in [0.2, 0.25) is 16.6 Å². The van der Waals surface area contributed by atoms with Gasteiger partial charge in [-0.25, -0.2) is 0 Å². The van der Waals surface area contributed by atoms with E-state index in [-0.39, 0.29) is 0 Å². The van der Waals surface area contributed by atoms with E-state index in [0.29, 0.717) is 22.1 Å². The van der Waals surface area contributed by atoms with Crippen molar-refractivity contribution in [3.63, 3.8) is 0 Å². The third-order valence-corrected chi connectivity index (χ3v) is 10.2. The molecule has 5 heteroatoms. The van der Waals surface area contributed by atoms with Crippen molar-refractivity contribution in [3.05, 3.63) is 24.3 Å². The third kappa shape index (κ3) is 3.45. The molecule has 0 aromatic heterocycles. The molecular formula is C15H27BO3Si. The fourth-order valence-electron chi connectivity index (χ4n) is 3.27. The van der Waals surface area contributed by atoms with Crippen LogP contribution in [-0.2, 0) is 0 Å². The highest BCUT2D eigenvalue weighted by Crippen LogP contribution is 2.42. The van der Waals surface area contributed by atoms with E-state index < -0.39 is 15.4 Å². The summed E-state index contributed by atoms with van der Waals surface area (Å²) in [6.07, 6.45) is 0. The summed E-state index contributed by atoms with van der Waals surface area (Å²) in [5, 5.41) is 18.3. The van der Waals surface area contributed by atoms with E-state index >= 15 is 0 Å². The summed E-state index contributed by atoms with van der Waals surface area (Å²) in [6, 6.07) is 7.09. The van der Waals surface area contributed by atoms with Crippen LogP contribution < -0.4 is 9.89 Å². The molecule has 0 saturated carbocycles. The van der Waals surface area contributed by atoms with Crippen LogP contribution in [0.1, 0.15) is 41.5 Å². The topological polar surface area (TPSA) is 49.7 Å². The zero-order valence-electron chi connectivity index (χ0n) is 13.4. The molecule has 0 amide bonds. The lowest BCUT2D eigenvalue weighted by Gasteiger charge is -2.42. The van der Waals surface area contributed by atoms with Crippen molar-refractivity contribution < 1.29 is 14.5 Å². The van der Waals surface area contributed by atoms with Crippen LogP contribution in [0.15, 0.2) is 24.3 Å². The van der Waals surface area contributed by atoms with Crippen molar-refractivity contribution in [2.75, 3.05) is 0 Å². The first-order chi connectivity index (χ1) is 9.21. The molecule has 20 heavy (non-hydrogen) atoms. The van der Waals surface area contributed by atoms with Gasteiger partial charge in [-0.05, 0) is 34.2 Å². The molecule has 1 rings (SSSR count). The lowest BCUT2D eigenvalue weighted by atomic mass is 10.1. The van der Waals surface area contributed by atoms with Gasteiger partial charge in [0.1, 0.15) is 5.75 Å². The first kappa shape index (κ1) is 17.3. The third-order valence-electron chi connectivity index (χ3n) is 4.18. The standard InChI is InChI=1S/C15H27BO3Si/c1-11(2)20(12(3)4,13(5)6)19-15-9-7-14(8-10-15)16(17)18/h7-13,17-18H,1-6H3/i7+1,8+1,9+1,10+1,14+1,15+1. The highest BCUT2D eigenvalue weighted by Gasteiger charge is 2.46. The summed E-state index contributed by atoms with van der Waals surface area (Å²) in [4.78, 5) is 0.